The molecule has 2 nitrogen and oxygen atoms in total. The van der Waals surface area contributed by atoms with E-state index in [1.54, 1.807) is 0 Å². The van der Waals surface area contributed by atoms with Crippen LogP contribution in [0.5, 0.6) is 0 Å². The van der Waals surface area contributed by atoms with Crippen molar-refractivity contribution in [2.24, 2.45) is 0 Å². The van der Waals surface area contributed by atoms with Crippen molar-refractivity contribution in [1.82, 2.24) is 0 Å². The zero-order valence-electron chi connectivity index (χ0n) is 2.53. The Bertz CT molecular complexity index is 9.61. The van der Waals surface area contributed by atoms with Crippen molar-refractivity contribution < 1.29 is 32.0 Å². The molecule has 35 valence electrons. The molecule has 0 rings (SSSR count). The molecule has 0 spiro atoms. The van der Waals surface area contributed by atoms with Crippen LogP contribution in [0.2, 0.25) is 0 Å². The summed E-state index contributed by atoms with van der Waals surface area (Å²) in [6, 6.07) is 0. The molecule has 0 saturated carbocycles. The minimum atomic E-state index is 0. The van der Waals surface area contributed by atoms with Crippen molar-refractivity contribution in [1.29, 1.82) is 0 Å². The maximum Gasteiger partial charge on any atom is 0.106 e. The molecule has 0 atom stereocenters. The van der Waals surface area contributed by atoms with Gasteiger partial charge >= 0.3 is 0 Å². The average molecular weight is 168 g/mol. The first-order valence-electron chi connectivity index (χ1n) is 0.577. The predicted octanol–water partition coefficient (Wildman–Crippen LogP) is -0.372. The molecule has 0 aromatic rings. The van der Waals surface area contributed by atoms with Gasteiger partial charge in [-0.2, -0.15) is 0 Å². The van der Waals surface area contributed by atoms with Crippen molar-refractivity contribution in [3.8, 4) is 0 Å². The van der Waals surface area contributed by atoms with E-state index in [2.05, 4.69) is 0 Å². The molecular formula is C2H4AgO2. The molecule has 5 heavy (non-hydrogen) atoms. The zero-order valence-corrected chi connectivity index (χ0v) is 4.01. The van der Waals surface area contributed by atoms with E-state index >= 15 is 0 Å². The topological polar surface area (TPSA) is 34.1 Å². The Morgan fingerprint density at radius 2 is 0.800 bits per heavy atom. The second-order valence-corrected chi connectivity index (χ2v) is 0. The third kappa shape index (κ3) is 2740. The van der Waals surface area contributed by atoms with Gasteiger partial charge in [0.05, 0.1) is 0 Å². The summed E-state index contributed by atoms with van der Waals surface area (Å²) in [6.07, 6.45) is 0. The Morgan fingerprint density at radius 1 is 0.800 bits per heavy atom. The number of hydrogen-bond donors (Lipinski definition) is 0. The first-order valence-corrected chi connectivity index (χ1v) is 0.577. The van der Waals surface area contributed by atoms with Gasteiger partial charge in [-0.05, 0) is 0 Å². The number of carbonyl (C=O) groups is 2. The summed E-state index contributed by atoms with van der Waals surface area (Å²) in [5.74, 6) is 0. The molecule has 0 aliphatic carbocycles. The summed E-state index contributed by atoms with van der Waals surface area (Å²) >= 11 is 0. The van der Waals surface area contributed by atoms with E-state index in [0.29, 0.717) is 0 Å². The fourth-order valence-electron chi connectivity index (χ4n) is 0. The zero-order chi connectivity index (χ0) is 4.00. The summed E-state index contributed by atoms with van der Waals surface area (Å²) in [5, 5.41) is 0. The normalized spacial score (nSPS) is 1.60. The summed E-state index contributed by atoms with van der Waals surface area (Å²) in [6.45, 7) is 4.00. The van der Waals surface area contributed by atoms with Crippen molar-refractivity contribution in [3.05, 3.63) is 0 Å². The smallest absolute Gasteiger partial charge is 0.106 e. The monoisotopic (exact) mass is 167 g/mol. The van der Waals surface area contributed by atoms with Gasteiger partial charge < -0.3 is 9.59 Å². The van der Waals surface area contributed by atoms with E-state index < -0.39 is 0 Å². The van der Waals surface area contributed by atoms with Crippen LogP contribution in [0.1, 0.15) is 0 Å². The van der Waals surface area contributed by atoms with Crippen LogP contribution in [0, 0.1) is 0 Å². The standard InChI is InChI=1S/2CH2O.Ag/c2*1-2;/h2*1H2;. The Kier molecular flexibility index (Phi) is 23500. The van der Waals surface area contributed by atoms with Crippen molar-refractivity contribution in [2.75, 3.05) is 0 Å². The first kappa shape index (κ1) is 19.5. The summed E-state index contributed by atoms with van der Waals surface area (Å²) in [5.41, 5.74) is 0. The van der Waals surface area contributed by atoms with E-state index in [1.165, 1.54) is 0 Å². The van der Waals surface area contributed by atoms with Gasteiger partial charge in [0.2, 0.25) is 0 Å². The summed E-state index contributed by atoms with van der Waals surface area (Å²) in [7, 11) is 0. The Labute approximate surface area is 46.1 Å². The van der Waals surface area contributed by atoms with Crippen LogP contribution in [0.3, 0.4) is 0 Å². The first-order chi connectivity index (χ1) is 2.00. The van der Waals surface area contributed by atoms with Gasteiger partial charge in [-0.3, -0.25) is 0 Å². The minimum absolute atomic E-state index is 0. The van der Waals surface area contributed by atoms with Crippen molar-refractivity contribution >= 4 is 13.6 Å². The fraction of sp³-hybridized carbons (Fsp3) is 0. The van der Waals surface area contributed by atoms with E-state index in [-0.39, 0.29) is 22.4 Å². The molecule has 0 saturated heterocycles. The van der Waals surface area contributed by atoms with Crippen LogP contribution in [-0.4, -0.2) is 13.6 Å². The molecule has 0 unspecified atom stereocenters. The predicted molar refractivity (Wildman–Crippen MR) is 14.2 cm³/mol. The number of rotatable bonds is 0. The summed E-state index contributed by atoms with van der Waals surface area (Å²) < 4.78 is 0. The summed E-state index contributed by atoms with van der Waals surface area (Å²) in [4.78, 5) is 16.0. The number of carbonyl (C=O) groups excluding carboxylic acids is 2. The largest absolute Gasteiger partial charge is 0.307 e. The van der Waals surface area contributed by atoms with Gasteiger partial charge in [0.25, 0.3) is 0 Å². The molecule has 0 fully saturated rings. The fourth-order valence-corrected chi connectivity index (χ4v) is 0. The van der Waals surface area contributed by atoms with Gasteiger partial charge in [0.15, 0.2) is 0 Å². The number of hydrogen-bond acceptors (Lipinski definition) is 2. The van der Waals surface area contributed by atoms with Crippen LogP contribution < -0.4 is 0 Å². The van der Waals surface area contributed by atoms with Crippen LogP contribution in [0.25, 0.3) is 0 Å². The van der Waals surface area contributed by atoms with Gasteiger partial charge in [0, 0.05) is 22.4 Å². The molecule has 0 heterocycles. The van der Waals surface area contributed by atoms with E-state index in [4.69, 9.17) is 9.59 Å². The molecule has 0 aliphatic rings. The molecule has 0 N–H and O–H groups in total. The van der Waals surface area contributed by atoms with Gasteiger partial charge in [-0.15, -0.1) is 0 Å². The van der Waals surface area contributed by atoms with Crippen molar-refractivity contribution in [2.45, 2.75) is 0 Å². The molecule has 0 aromatic heterocycles. The Hall–Kier alpha value is 0.0803. The van der Waals surface area contributed by atoms with E-state index in [0.717, 1.165) is 0 Å². The Balaban J connectivity index is -0.0000000133. The van der Waals surface area contributed by atoms with Crippen LogP contribution in [0.4, 0.5) is 0 Å². The average Bonchev–Trinajstić information content (AvgIpc) is 1.50. The second kappa shape index (κ2) is 6010. The van der Waals surface area contributed by atoms with Crippen LogP contribution >= 0.6 is 0 Å². The quantitative estimate of drug-likeness (QED) is 0.462. The molecule has 0 aliphatic heterocycles. The van der Waals surface area contributed by atoms with Gasteiger partial charge in [-0.25, -0.2) is 0 Å². The maximum atomic E-state index is 8.00. The molecule has 0 aromatic carbocycles. The second-order valence-electron chi connectivity index (χ2n) is 0. The van der Waals surface area contributed by atoms with E-state index in [1.807, 2.05) is 13.6 Å². The van der Waals surface area contributed by atoms with Crippen LogP contribution in [0.15, 0.2) is 0 Å². The van der Waals surface area contributed by atoms with Gasteiger partial charge in [0.1, 0.15) is 13.6 Å². The molecule has 0 amide bonds. The third-order valence-corrected chi connectivity index (χ3v) is 0. The molecule has 1 radical (unpaired) electrons. The van der Waals surface area contributed by atoms with Crippen LogP contribution in [-0.2, 0) is 32.0 Å². The molecule has 0 bridgehead atoms. The third-order valence-electron chi connectivity index (χ3n) is 0. The molecule has 3 heteroatoms. The van der Waals surface area contributed by atoms with Gasteiger partial charge in [-0.1, -0.05) is 0 Å². The van der Waals surface area contributed by atoms with Crippen molar-refractivity contribution in [3.63, 3.8) is 0 Å². The Morgan fingerprint density at radius 3 is 0.800 bits per heavy atom. The molecular weight excluding hydrogens is 164 g/mol. The maximum absolute atomic E-state index is 8.00. The van der Waals surface area contributed by atoms with E-state index in [9.17, 15) is 0 Å². The SMILES string of the molecule is C=O.C=O.[Ag]. The minimum Gasteiger partial charge on any atom is -0.307 e.